The number of hydrogen-bond acceptors (Lipinski definition) is 4. The molecule has 0 amide bonds. The van der Waals surface area contributed by atoms with Crippen LogP contribution in [0.5, 0.6) is 0 Å². The van der Waals surface area contributed by atoms with Crippen molar-refractivity contribution in [1.29, 1.82) is 0 Å². The lowest BCUT2D eigenvalue weighted by Gasteiger charge is -2.16. The highest BCUT2D eigenvalue weighted by atomic mass is 32.2. The van der Waals surface area contributed by atoms with Crippen LogP contribution < -0.4 is 5.32 Å². The quantitative estimate of drug-likeness (QED) is 0.760. The van der Waals surface area contributed by atoms with E-state index in [1.54, 1.807) is 0 Å². The van der Waals surface area contributed by atoms with Crippen molar-refractivity contribution in [3.63, 3.8) is 0 Å². The van der Waals surface area contributed by atoms with E-state index in [-0.39, 0.29) is 16.7 Å². The average Bonchev–Trinajstić information content (AvgIpc) is 2.29. The van der Waals surface area contributed by atoms with E-state index in [4.69, 9.17) is 4.74 Å². The summed E-state index contributed by atoms with van der Waals surface area (Å²) in [6.07, 6.45) is 0. The summed E-state index contributed by atoms with van der Waals surface area (Å²) in [5, 5.41) is 3.04. The van der Waals surface area contributed by atoms with Crippen molar-refractivity contribution in [3.8, 4) is 0 Å². The minimum absolute atomic E-state index is 0.0691. The number of methoxy groups -OCH3 is 1. The number of ether oxygens (including phenoxy) is 1. The van der Waals surface area contributed by atoms with Gasteiger partial charge in [-0.15, -0.1) is 0 Å². The van der Waals surface area contributed by atoms with Gasteiger partial charge in [0.15, 0.2) is 9.84 Å². The molecule has 6 heteroatoms. The molecule has 4 nitrogen and oxygen atoms in total. The van der Waals surface area contributed by atoms with Gasteiger partial charge in [0, 0.05) is 13.2 Å². The van der Waals surface area contributed by atoms with Gasteiger partial charge >= 0.3 is 0 Å². The van der Waals surface area contributed by atoms with Crippen LogP contribution in [0.4, 0.5) is 4.39 Å². The third-order valence-electron chi connectivity index (χ3n) is 2.45. The minimum Gasteiger partial charge on any atom is -0.383 e. The number of halogens is 1. The van der Waals surface area contributed by atoms with Crippen LogP contribution in [0.25, 0.3) is 0 Å². The van der Waals surface area contributed by atoms with Gasteiger partial charge in [-0.3, -0.25) is 0 Å². The van der Waals surface area contributed by atoms with Crippen LogP contribution in [0.1, 0.15) is 6.92 Å². The average molecular weight is 275 g/mol. The Bertz CT molecular complexity index is 453. The smallest absolute Gasteiger partial charge is 0.179 e. The van der Waals surface area contributed by atoms with Gasteiger partial charge in [0.2, 0.25) is 0 Å². The Balaban J connectivity index is 2.82. The van der Waals surface area contributed by atoms with Crippen molar-refractivity contribution in [2.24, 2.45) is 0 Å². The highest BCUT2D eigenvalue weighted by Gasteiger charge is 2.20. The van der Waals surface area contributed by atoms with Crippen LogP contribution in [-0.4, -0.2) is 40.5 Å². The second kappa shape index (κ2) is 6.82. The number of likely N-dealkylation sites (N-methyl/N-ethyl adjacent to an activating group) is 1. The molecule has 1 unspecified atom stereocenters. The summed E-state index contributed by atoms with van der Waals surface area (Å²) < 4.78 is 41.9. The molecule has 0 saturated heterocycles. The Hall–Kier alpha value is -0.980. The second-order valence-electron chi connectivity index (χ2n) is 3.95. The predicted octanol–water partition coefficient (Wildman–Crippen LogP) is 1.22. The molecule has 18 heavy (non-hydrogen) atoms. The Morgan fingerprint density at radius 2 is 1.94 bits per heavy atom. The molecule has 1 aromatic rings. The summed E-state index contributed by atoms with van der Waals surface area (Å²) in [6.45, 7) is 2.87. The maximum Gasteiger partial charge on any atom is 0.179 e. The largest absolute Gasteiger partial charge is 0.383 e. The van der Waals surface area contributed by atoms with Crippen molar-refractivity contribution in [1.82, 2.24) is 5.32 Å². The number of hydrogen-bond donors (Lipinski definition) is 1. The molecule has 0 aromatic heterocycles. The lowest BCUT2D eigenvalue weighted by Crippen LogP contribution is -2.39. The molecular formula is C12H18FNO3S. The van der Waals surface area contributed by atoms with E-state index in [1.807, 2.05) is 6.92 Å². The molecule has 0 spiro atoms. The van der Waals surface area contributed by atoms with Gasteiger partial charge in [0.05, 0.1) is 17.3 Å². The van der Waals surface area contributed by atoms with Crippen LogP contribution >= 0.6 is 0 Å². The lowest BCUT2D eigenvalue weighted by molar-refractivity contribution is 0.174. The zero-order valence-electron chi connectivity index (χ0n) is 10.5. The van der Waals surface area contributed by atoms with E-state index < -0.39 is 15.7 Å². The molecule has 0 radical (unpaired) electrons. The Labute approximate surface area is 107 Å². The molecule has 0 heterocycles. The third kappa shape index (κ3) is 4.36. The highest BCUT2D eigenvalue weighted by Crippen LogP contribution is 2.13. The Morgan fingerprint density at radius 3 is 2.44 bits per heavy atom. The van der Waals surface area contributed by atoms with E-state index in [2.05, 4.69) is 5.32 Å². The number of nitrogens with one attached hydrogen (secondary N) is 1. The summed E-state index contributed by atoms with van der Waals surface area (Å²) in [6, 6.07) is 4.58. The van der Waals surface area contributed by atoms with Crippen molar-refractivity contribution in [2.45, 2.75) is 17.9 Å². The van der Waals surface area contributed by atoms with Gasteiger partial charge in [0.1, 0.15) is 5.82 Å². The summed E-state index contributed by atoms with van der Waals surface area (Å²) in [7, 11) is -1.91. The first kappa shape index (κ1) is 15.1. The normalized spacial score (nSPS) is 13.5. The fourth-order valence-electron chi connectivity index (χ4n) is 1.66. The van der Waals surface area contributed by atoms with Crippen LogP contribution in [0.15, 0.2) is 29.2 Å². The lowest BCUT2D eigenvalue weighted by atomic mass is 10.3. The van der Waals surface area contributed by atoms with Gasteiger partial charge < -0.3 is 10.1 Å². The van der Waals surface area contributed by atoms with Crippen LogP contribution in [0, 0.1) is 5.82 Å². The standard InChI is InChI=1S/C12H18FNO3S/c1-3-14-11(8-17-2)9-18(15,16)12-6-4-10(13)5-7-12/h4-7,11,14H,3,8-9H2,1-2H3. The van der Waals surface area contributed by atoms with Crippen molar-refractivity contribution in [2.75, 3.05) is 26.0 Å². The maximum atomic E-state index is 12.8. The molecule has 0 fully saturated rings. The van der Waals surface area contributed by atoms with Gasteiger partial charge in [0.25, 0.3) is 0 Å². The highest BCUT2D eigenvalue weighted by molar-refractivity contribution is 7.91. The summed E-state index contributed by atoms with van der Waals surface area (Å²) in [5.41, 5.74) is 0. The summed E-state index contributed by atoms with van der Waals surface area (Å²) in [5.74, 6) is -0.519. The predicted molar refractivity (Wildman–Crippen MR) is 67.8 cm³/mol. The fourth-order valence-corrected chi connectivity index (χ4v) is 3.15. The molecule has 0 aliphatic rings. The van der Waals surface area contributed by atoms with E-state index in [0.717, 1.165) is 12.1 Å². The zero-order chi connectivity index (χ0) is 13.6. The number of benzene rings is 1. The fraction of sp³-hybridized carbons (Fsp3) is 0.500. The number of sulfone groups is 1. The van der Waals surface area contributed by atoms with Crippen molar-refractivity contribution < 1.29 is 17.5 Å². The molecule has 102 valence electrons. The van der Waals surface area contributed by atoms with E-state index >= 15 is 0 Å². The molecule has 0 saturated carbocycles. The van der Waals surface area contributed by atoms with E-state index in [0.29, 0.717) is 13.2 Å². The minimum atomic E-state index is -3.43. The summed E-state index contributed by atoms with van der Waals surface area (Å²) in [4.78, 5) is 0.128. The van der Waals surface area contributed by atoms with Crippen molar-refractivity contribution in [3.05, 3.63) is 30.1 Å². The monoisotopic (exact) mass is 275 g/mol. The first-order valence-corrected chi connectivity index (χ1v) is 7.35. The van der Waals surface area contributed by atoms with Crippen molar-refractivity contribution >= 4 is 9.84 Å². The molecular weight excluding hydrogens is 257 g/mol. The van der Waals surface area contributed by atoms with E-state index in [1.165, 1.54) is 19.2 Å². The second-order valence-corrected chi connectivity index (χ2v) is 5.98. The van der Waals surface area contributed by atoms with Gasteiger partial charge in [-0.05, 0) is 30.8 Å². The van der Waals surface area contributed by atoms with Crippen LogP contribution in [-0.2, 0) is 14.6 Å². The molecule has 0 aliphatic heterocycles. The molecule has 0 bridgehead atoms. The zero-order valence-corrected chi connectivity index (χ0v) is 11.3. The summed E-state index contributed by atoms with van der Waals surface area (Å²) >= 11 is 0. The first-order valence-electron chi connectivity index (χ1n) is 5.70. The topological polar surface area (TPSA) is 55.4 Å². The molecule has 1 rings (SSSR count). The van der Waals surface area contributed by atoms with Gasteiger partial charge in [-0.2, -0.15) is 0 Å². The maximum absolute atomic E-state index is 12.8. The Kier molecular flexibility index (Phi) is 5.71. The van der Waals surface area contributed by atoms with Gasteiger partial charge in [-0.25, -0.2) is 12.8 Å². The van der Waals surface area contributed by atoms with E-state index in [9.17, 15) is 12.8 Å². The molecule has 1 atom stereocenters. The Morgan fingerprint density at radius 1 is 1.33 bits per heavy atom. The van der Waals surface area contributed by atoms with Gasteiger partial charge in [-0.1, -0.05) is 6.92 Å². The molecule has 1 N–H and O–H groups in total. The first-order chi connectivity index (χ1) is 8.49. The molecule has 1 aromatic carbocycles. The SMILES string of the molecule is CCNC(COC)CS(=O)(=O)c1ccc(F)cc1. The van der Waals surface area contributed by atoms with Crippen LogP contribution in [0.2, 0.25) is 0 Å². The third-order valence-corrected chi connectivity index (χ3v) is 4.29. The molecule has 0 aliphatic carbocycles. The van der Waals surface area contributed by atoms with Crippen LogP contribution in [0.3, 0.4) is 0 Å². The number of rotatable bonds is 7.